The van der Waals surface area contributed by atoms with E-state index in [1.54, 1.807) is 4.90 Å². The fraction of sp³-hybridized carbons (Fsp3) is 0.600. The molecule has 0 spiro atoms. The third kappa shape index (κ3) is 5.13. The topological polar surface area (TPSA) is 77.1 Å². The Morgan fingerprint density at radius 3 is 2.78 bits per heavy atom. The summed E-state index contributed by atoms with van der Waals surface area (Å²) in [7, 11) is 0. The Morgan fingerprint density at radius 2 is 2.04 bits per heavy atom. The zero-order valence-electron chi connectivity index (χ0n) is 16.1. The maximum Gasteiger partial charge on any atom is 0.223 e. The van der Waals surface area contributed by atoms with Crippen LogP contribution in [0.4, 0.5) is 0 Å². The lowest BCUT2D eigenvalue weighted by molar-refractivity contribution is -0.137. The highest BCUT2D eigenvalue weighted by molar-refractivity contribution is 5.83. The van der Waals surface area contributed by atoms with Gasteiger partial charge in [0.1, 0.15) is 17.6 Å². The number of amides is 2. The van der Waals surface area contributed by atoms with Gasteiger partial charge in [-0.3, -0.25) is 9.59 Å². The monoisotopic (exact) mass is 376 g/mol. The summed E-state index contributed by atoms with van der Waals surface area (Å²) in [5.41, 5.74) is 2.02. The predicted molar refractivity (Wildman–Crippen MR) is 99.9 cm³/mol. The van der Waals surface area contributed by atoms with Gasteiger partial charge in [-0.2, -0.15) is 0 Å². The van der Waals surface area contributed by atoms with Gasteiger partial charge < -0.3 is 24.4 Å². The van der Waals surface area contributed by atoms with E-state index in [-0.39, 0.29) is 30.8 Å². The number of morpholine rings is 1. The fourth-order valence-corrected chi connectivity index (χ4v) is 3.38. The highest BCUT2D eigenvalue weighted by Crippen LogP contribution is 2.35. The van der Waals surface area contributed by atoms with Gasteiger partial charge in [-0.25, -0.2) is 0 Å². The van der Waals surface area contributed by atoms with E-state index in [1.165, 1.54) is 0 Å². The Labute approximate surface area is 160 Å². The number of nitrogens with zero attached hydrogens (tertiary/aromatic N) is 1. The lowest BCUT2D eigenvalue weighted by Gasteiger charge is -2.26. The van der Waals surface area contributed by atoms with Crippen molar-refractivity contribution < 1.29 is 23.8 Å². The van der Waals surface area contributed by atoms with Gasteiger partial charge in [-0.1, -0.05) is 0 Å². The fourth-order valence-electron chi connectivity index (χ4n) is 3.38. The first-order valence-corrected chi connectivity index (χ1v) is 9.64. The normalized spacial score (nSPS) is 18.6. The summed E-state index contributed by atoms with van der Waals surface area (Å²) < 4.78 is 16.8. The van der Waals surface area contributed by atoms with E-state index < -0.39 is 0 Å². The number of nitrogens with one attached hydrogen (secondary N) is 1. The molecule has 27 heavy (non-hydrogen) atoms. The van der Waals surface area contributed by atoms with Gasteiger partial charge in [-0.05, 0) is 26.0 Å². The standard InChI is InChI=1S/C20H28N2O5/c1-3-26-17-11-15-10-14(2)27-18(15)12-16(17)13-21-19(23)4-5-20(24)22-6-8-25-9-7-22/h11-12,14H,3-10,13H2,1-2H3,(H,21,23)/t14-/m0/s1. The van der Waals surface area contributed by atoms with Crippen molar-refractivity contribution in [3.05, 3.63) is 23.3 Å². The largest absolute Gasteiger partial charge is 0.494 e. The highest BCUT2D eigenvalue weighted by atomic mass is 16.5. The molecule has 3 rings (SSSR count). The quantitative estimate of drug-likeness (QED) is 0.783. The molecule has 7 nitrogen and oxygen atoms in total. The summed E-state index contributed by atoms with van der Waals surface area (Å²) in [4.78, 5) is 26.1. The number of ether oxygens (including phenoxy) is 3. The van der Waals surface area contributed by atoms with Crippen LogP contribution in [-0.2, 0) is 27.3 Å². The van der Waals surface area contributed by atoms with Crippen LogP contribution in [0.3, 0.4) is 0 Å². The number of carbonyl (C=O) groups is 2. The van der Waals surface area contributed by atoms with Gasteiger partial charge >= 0.3 is 0 Å². The molecular weight excluding hydrogens is 348 g/mol. The van der Waals surface area contributed by atoms with Crippen molar-refractivity contribution in [1.82, 2.24) is 10.2 Å². The molecule has 0 radical (unpaired) electrons. The maximum atomic E-state index is 12.2. The molecule has 2 aliphatic heterocycles. The van der Waals surface area contributed by atoms with E-state index in [1.807, 2.05) is 26.0 Å². The molecule has 7 heteroatoms. The second-order valence-corrected chi connectivity index (χ2v) is 6.90. The van der Waals surface area contributed by atoms with E-state index in [4.69, 9.17) is 14.2 Å². The number of hydrogen-bond acceptors (Lipinski definition) is 5. The summed E-state index contributed by atoms with van der Waals surface area (Å²) in [5, 5.41) is 2.89. The Bertz CT molecular complexity index is 685. The highest BCUT2D eigenvalue weighted by Gasteiger charge is 2.22. The molecule has 1 fully saturated rings. The van der Waals surface area contributed by atoms with Crippen molar-refractivity contribution in [3.8, 4) is 11.5 Å². The first-order valence-electron chi connectivity index (χ1n) is 9.64. The zero-order valence-corrected chi connectivity index (χ0v) is 16.1. The van der Waals surface area contributed by atoms with Crippen molar-refractivity contribution in [2.75, 3.05) is 32.9 Å². The van der Waals surface area contributed by atoms with Crippen molar-refractivity contribution in [2.45, 2.75) is 45.8 Å². The third-order valence-corrected chi connectivity index (χ3v) is 4.78. The molecule has 2 heterocycles. The van der Waals surface area contributed by atoms with Crippen molar-refractivity contribution in [2.24, 2.45) is 0 Å². The van der Waals surface area contributed by atoms with Crippen LogP contribution in [0.1, 0.15) is 37.8 Å². The van der Waals surface area contributed by atoms with Gasteiger partial charge in [0.15, 0.2) is 0 Å². The number of hydrogen-bond donors (Lipinski definition) is 1. The predicted octanol–water partition coefficient (Wildman–Crippen LogP) is 1.66. The average Bonchev–Trinajstić information content (AvgIpc) is 3.04. The van der Waals surface area contributed by atoms with Crippen molar-refractivity contribution in [3.63, 3.8) is 0 Å². The first-order chi connectivity index (χ1) is 13.1. The minimum atomic E-state index is -0.145. The summed E-state index contributed by atoms with van der Waals surface area (Å²) >= 11 is 0. The minimum Gasteiger partial charge on any atom is -0.494 e. The molecule has 1 atom stereocenters. The van der Waals surface area contributed by atoms with Crippen molar-refractivity contribution in [1.29, 1.82) is 0 Å². The van der Waals surface area contributed by atoms with Crippen LogP contribution in [0.5, 0.6) is 11.5 Å². The van der Waals surface area contributed by atoms with Crippen LogP contribution in [0.25, 0.3) is 0 Å². The van der Waals surface area contributed by atoms with Gasteiger partial charge in [0.2, 0.25) is 11.8 Å². The van der Waals surface area contributed by atoms with E-state index in [9.17, 15) is 9.59 Å². The van der Waals surface area contributed by atoms with Crippen LogP contribution >= 0.6 is 0 Å². The van der Waals surface area contributed by atoms with Crippen molar-refractivity contribution >= 4 is 11.8 Å². The molecule has 1 N–H and O–H groups in total. The molecule has 0 aliphatic carbocycles. The summed E-state index contributed by atoms with van der Waals surface area (Å²) in [6.45, 7) is 7.22. The molecule has 0 aromatic heterocycles. The summed E-state index contributed by atoms with van der Waals surface area (Å²) in [6, 6.07) is 3.95. The molecule has 1 aromatic carbocycles. The van der Waals surface area contributed by atoms with E-state index >= 15 is 0 Å². The van der Waals surface area contributed by atoms with Crippen LogP contribution in [-0.4, -0.2) is 55.7 Å². The Balaban J connectivity index is 1.52. The smallest absolute Gasteiger partial charge is 0.223 e. The molecule has 0 unspecified atom stereocenters. The molecule has 0 saturated carbocycles. The van der Waals surface area contributed by atoms with E-state index in [2.05, 4.69) is 5.32 Å². The zero-order chi connectivity index (χ0) is 19.2. The van der Waals surface area contributed by atoms with Gasteiger partial charge in [0.05, 0.1) is 19.8 Å². The lowest BCUT2D eigenvalue weighted by atomic mass is 10.1. The Morgan fingerprint density at radius 1 is 1.26 bits per heavy atom. The molecule has 1 saturated heterocycles. The first kappa shape index (κ1) is 19.5. The lowest BCUT2D eigenvalue weighted by Crippen LogP contribution is -2.41. The SMILES string of the molecule is CCOc1cc2c(cc1CNC(=O)CCC(=O)N1CCOCC1)O[C@@H](C)C2. The molecule has 2 aliphatic rings. The minimum absolute atomic E-state index is 0.00312. The summed E-state index contributed by atoms with van der Waals surface area (Å²) in [5.74, 6) is 1.49. The number of fused-ring (bicyclic) bond motifs is 1. The Kier molecular flexibility index (Phi) is 6.55. The van der Waals surface area contributed by atoms with Crippen LogP contribution < -0.4 is 14.8 Å². The molecule has 1 aromatic rings. The number of rotatable bonds is 7. The van der Waals surface area contributed by atoms with E-state index in [0.29, 0.717) is 39.5 Å². The molecule has 0 bridgehead atoms. The maximum absolute atomic E-state index is 12.2. The van der Waals surface area contributed by atoms with Gasteiger partial charge in [0, 0.05) is 50.0 Å². The van der Waals surface area contributed by atoms with Crippen LogP contribution in [0.2, 0.25) is 0 Å². The molecule has 2 amide bonds. The average molecular weight is 376 g/mol. The van der Waals surface area contributed by atoms with Crippen LogP contribution in [0.15, 0.2) is 12.1 Å². The summed E-state index contributed by atoms with van der Waals surface area (Å²) in [6.07, 6.45) is 1.42. The molecular formula is C20H28N2O5. The van der Waals surface area contributed by atoms with E-state index in [0.717, 1.165) is 29.0 Å². The second-order valence-electron chi connectivity index (χ2n) is 6.90. The number of benzene rings is 1. The molecule has 148 valence electrons. The number of carbonyl (C=O) groups excluding carboxylic acids is 2. The van der Waals surface area contributed by atoms with Gasteiger partial charge in [-0.15, -0.1) is 0 Å². The second kappa shape index (κ2) is 9.08. The van der Waals surface area contributed by atoms with Gasteiger partial charge in [0.25, 0.3) is 0 Å². The van der Waals surface area contributed by atoms with Crippen LogP contribution in [0, 0.1) is 0 Å². The Hall–Kier alpha value is -2.28. The third-order valence-electron chi connectivity index (χ3n) is 4.78.